The number of aromatic nitrogens is 5. The highest BCUT2D eigenvalue weighted by Gasteiger charge is 2.50. The number of carbonyl (C=O) groups excluding carboxylic acids is 2. The van der Waals surface area contributed by atoms with Crippen LogP contribution < -0.4 is 25.6 Å². The molecule has 2 N–H and O–H groups in total. The molecule has 17 heteroatoms. The molecule has 5 heterocycles. The smallest absolute Gasteiger partial charge is 0.278 e. The molecular formula is C53H58FN11O4S. The molecule has 0 spiro atoms. The maximum atomic E-state index is 15.5. The van der Waals surface area contributed by atoms with E-state index >= 15 is 4.39 Å². The summed E-state index contributed by atoms with van der Waals surface area (Å²) in [6, 6.07) is 23.2. The fraction of sp³-hybridized carbons (Fsp3) is 0.358. The molecule has 15 nitrogen and oxygen atoms in total. The largest absolute Gasteiger partial charge is 0.384 e. The fourth-order valence-corrected chi connectivity index (χ4v) is 9.61. The maximum absolute atomic E-state index is 15.5. The quantitative estimate of drug-likeness (QED) is 0.0397. The SMILES string of the molecule is [C-]#[N+]c1ccc(N2C(=O)C(C)(C)N(c3ccc(C(=O)NCCCCCCN4CCN(c5ccc(Cc6ncc7c(=O)n(CC=C)n(-c8cccc(C(C)(C)O)n8)c7n6)cc5)CC4)c(F)c3)C2=S)cc1C. The number of hydrogen-bond acceptors (Lipinski definition) is 10. The Kier molecular flexibility index (Phi) is 14.4. The van der Waals surface area contributed by atoms with Gasteiger partial charge in [-0.3, -0.25) is 24.2 Å². The van der Waals surface area contributed by atoms with E-state index in [4.69, 9.17) is 23.8 Å². The van der Waals surface area contributed by atoms with Crippen LogP contribution in [-0.2, 0) is 23.4 Å². The summed E-state index contributed by atoms with van der Waals surface area (Å²) in [6.45, 7) is 25.2. The Morgan fingerprint density at radius 3 is 2.36 bits per heavy atom. The summed E-state index contributed by atoms with van der Waals surface area (Å²) in [5.41, 5.74) is 2.59. The topological polar surface area (TPSA) is 149 Å². The van der Waals surface area contributed by atoms with E-state index in [9.17, 15) is 19.5 Å². The average molecular weight is 964 g/mol. The Morgan fingerprint density at radius 1 is 0.957 bits per heavy atom. The summed E-state index contributed by atoms with van der Waals surface area (Å²) in [5.74, 6) is -0.448. The molecule has 70 heavy (non-hydrogen) atoms. The van der Waals surface area contributed by atoms with Gasteiger partial charge in [-0.15, -0.1) is 6.58 Å². The lowest BCUT2D eigenvalue weighted by Gasteiger charge is -2.36. The van der Waals surface area contributed by atoms with Crippen LogP contribution in [0.3, 0.4) is 0 Å². The number of thiocarbonyl (C=S) groups is 1. The van der Waals surface area contributed by atoms with Gasteiger partial charge in [-0.1, -0.05) is 43.2 Å². The van der Waals surface area contributed by atoms with Gasteiger partial charge in [-0.2, -0.15) is 0 Å². The average Bonchev–Trinajstić information content (AvgIpc) is 3.70. The zero-order chi connectivity index (χ0) is 49.9. The Hall–Kier alpha value is -7.13. The van der Waals surface area contributed by atoms with Crippen LogP contribution in [0.25, 0.3) is 21.7 Å². The zero-order valence-corrected chi connectivity index (χ0v) is 41.1. The molecule has 362 valence electrons. The number of rotatable bonds is 17. The molecule has 3 aromatic heterocycles. The number of amides is 2. The molecule has 0 saturated carbocycles. The third kappa shape index (κ3) is 10.1. The van der Waals surface area contributed by atoms with E-state index in [1.807, 2.05) is 0 Å². The third-order valence-electron chi connectivity index (χ3n) is 13.0. The zero-order valence-electron chi connectivity index (χ0n) is 40.3. The Bertz CT molecular complexity index is 3070. The van der Waals surface area contributed by atoms with Gasteiger partial charge < -0.3 is 20.2 Å². The molecule has 8 rings (SSSR count). The first-order chi connectivity index (χ1) is 33.5. The number of anilines is 3. The number of fused-ring (bicyclic) bond motifs is 1. The van der Waals surface area contributed by atoms with E-state index in [1.54, 1.807) is 98.9 Å². The van der Waals surface area contributed by atoms with Gasteiger partial charge in [0.1, 0.15) is 28.2 Å². The van der Waals surface area contributed by atoms with Crippen molar-refractivity contribution >= 4 is 62.9 Å². The monoisotopic (exact) mass is 963 g/mol. The lowest BCUT2D eigenvalue weighted by atomic mass is 10.0. The molecule has 3 aromatic carbocycles. The van der Waals surface area contributed by atoms with Crippen molar-refractivity contribution in [2.24, 2.45) is 0 Å². The number of aryl methyl sites for hydroxylation is 1. The number of halogens is 1. The molecule has 2 aliphatic heterocycles. The Balaban J connectivity index is 0.769. The van der Waals surface area contributed by atoms with Crippen molar-refractivity contribution in [1.29, 1.82) is 0 Å². The van der Waals surface area contributed by atoms with Gasteiger partial charge in [0.2, 0.25) is 0 Å². The van der Waals surface area contributed by atoms with Crippen molar-refractivity contribution in [3.05, 3.63) is 154 Å². The number of unbranched alkanes of at least 4 members (excludes halogenated alkanes) is 3. The van der Waals surface area contributed by atoms with Gasteiger partial charge in [0.15, 0.2) is 22.3 Å². The van der Waals surface area contributed by atoms with E-state index in [1.165, 1.54) is 21.7 Å². The lowest BCUT2D eigenvalue weighted by Crippen LogP contribution is -2.46. The molecule has 2 fully saturated rings. The molecule has 6 aromatic rings. The molecule has 0 bridgehead atoms. The summed E-state index contributed by atoms with van der Waals surface area (Å²) < 4.78 is 18.7. The standard InChI is InChI=1S/C53H58FN11O4S/c1-8-25-62-49(67)41-34-57-45(59-47(41)65(62)46-15-13-14-44(58-46)53(5,6)69)32-36-16-18-37(19-17-36)61-29-27-60(28-30-61)26-12-10-9-11-24-56-48(66)40-22-20-39(33-42(40)54)64-51(70)63(50(68)52(64,3)4)38-21-23-43(55-7)35(2)31-38/h8,13-23,31,33-34,69H,1,9-12,24-30,32H2,2-6H3,(H,56,66). The van der Waals surface area contributed by atoms with E-state index < -0.39 is 22.9 Å². The molecular weight excluding hydrogens is 906 g/mol. The van der Waals surface area contributed by atoms with Crippen LogP contribution in [0.15, 0.2) is 103 Å². The van der Waals surface area contributed by atoms with E-state index in [2.05, 4.69) is 60.8 Å². The molecule has 2 amide bonds. The second kappa shape index (κ2) is 20.5. The normalized spacial score (nSPS) is 15.2. The van der Waals surface area contributed by atoms with Crippen molar-refractivity contribution in [3.63, 3.8) is 0 Å². The summed E-state index contributed by atoms with van der Waals surface area (Å²) in [6.07, 6.45) is 7.48. The number of nitrogens with zero attached hydrogens (tertiary/aromatic N) is 10. The lowest BCUT2D eigenvalue weighted by molar-refractivity contribution is -0.120. The van der Waals surface area contributed by atoms with Crippen molar-refractivity contribution in [2.45, 2.75) is 84.4 Å². The molecule has 0 unspecified atom stereocenters. The molecule has 0 radical (unpaired) electrons. The summed E-state index contributed by atoms with van der Waals surface area (Å²) in [4.78, 5) is 65.5. The van der Waals surface area contributed by atoms with E-state index in [-0.39, 0.29) is 28.7 Å². The molecule has 0 aliphatic carbocycles. The van der Waals surface area contributed by atoms with Crippen LogP contribution in [-0.4, -0.2) is 96.1 Å². The van der Waals surface area contributed by atoms with Gasteiger partial charge in [0, 0.05) is 62.4 Å². The van der Waals surface area contributed by atoms with Crippen LogP contribution in [0.1, 0.15) is 86.4 Å². The molecule has 0 atom stereocenters. The third-order valence-corrected chi connectivity index (χ3v) is 13.4. The van der Waals surface area contributed by atoms with E-state index in [0.717, 1.165) is 69.7 Å². The maximum Gasteiger partial charge on any atom is 0.278 e. The van der Waals surface area contributed by atoms with Crippen LogP contribution in [0.2, 0.25) is 0 Å². The highest BCUT2D eigenvalue weighted by atomic mass is 32.1. The van der Waals surface area contributed by atoms with Crippen LogP contribution >= 0.6 is 12.2 Å². The minimum Gasteiger partial charge on any atom is -0.384 e. The van der Waals surface area contributed by atoms with Crippen molar-refractivity contribution in [2.75, 3.05) is 54.0 Å². The van der Waals surface area contributed by atoms with Gasteiger partial charge in [0.05, 0.1) is 24.4 Å². The number of nitrogens with one attached hydrogen (secondary N) is 1. The number of aliphatic hydroxyl groups is 1. The molecule has 2 saturated heterocycles. The predicted octanol–water partition coefficient (Wildman–Crippen LogP) is 8.01. The van der Waals surface area contributed by atoms with Gasteiger partial charge in [0.25, 0.3) is 17.4 Å². The minimum atomic E-state index is -1.17. The Labute approximate surface area is 412 Å². The first-order valence-electron chi connectivity index (χ1n) is 23.6. The summed E-state index contributed by atoms with van der Waals surface area (Å²) in [7, 11) is 0. The highest BCUT2D eigenvalue weighted by Crippen LogP contribution is 2.38. The number of benzene rings is 3. The number of hydrogen-bond donors (Lipinski definition) is 2. The second-order valence-corrected chi connectivity index (χ2v) is 19.2. The first kappa shape index (κ1) is 49.3. The molecule has 2 aliphatic rings. The predicted molar refractivity (Wildman–Crippen MR) is 276 cm³/mol. The summed E-state index contributed by atoms with van der Waals surface area (Å²) >= 11 is 5.75. The Morgan fingerprint density at radius 2 is 1.67 bits per heavy atom. The van der Waals surface area contributed by atoms with Crippen LogP contribution in [0.4, 0.5) is 27.1 Å². The van der Waals surface area contributed by atoms with Gasteiger partial charge in [-0.05, 0) is 132 Å². The van der Waals surface area contributed by atoms with E-state index in [0.29, 0.717) is 64.0 Å². The van der Waals surface area contributed by atoms with Crippen LogP contribution in [0.5, 0.6) is 0 Å². The van der Waals surface area contributed by atoms with Gasteiger partial charge in [-0.25, -0.2) is 33.6 Å². The minimum absolute atomic E-state index is 0.0751. The van der Waals surface area contributed by atoms with Crippen molar-refractivity contribution in [3.8, 4) is 5.82 Å². The first-order valence-corrected chi connectivity index (χ1v) is 24.0. The number of carbonyl (C=O) groups is 2. The fourth-order valence-electron chi connectivity index (χ4n) is 9.09. The number of allylic oxidation sites excluding steroid dienone is 1. The van der Waals surface area contributed by atoms with Crippen molar-refractivity contribution < 1.29 is 19.1 Å². The highest BCUT2D eigenvalue weighted by molar-refractivity contribution is 7.81. The van der Waals surface area contributed by atoms with Gasteiger partial charge >= 0.3 is 0 Å². The van der Waals surface area contributed by atoms with Crippen LogP contribution in [0, 0.1) is 19.3 Å². The number of piperazine rings is 1. The second-order valence-electron chi connectivity index (χ2n) is 18.9. The summed E-state index contributed by atoms with van der Waals surface area (Å²) in [5, 5.41) is 14.0. The van der Waals surface area contributed by atoms with Crippen molar-refractivity contribution in [1.82, 2.24) is 34.5 Å². The number of pyridine rings is 1.